The molecule has 3 N–H and O–H groups in total. The molecule has 2 aliphatic heterocycles. The van der Waals surface area contributed by atoms with Crippen molar-refractivity contribution in [2.75, 3.05) is 6.54 Å². The van der Waals surface area contributed by atoms with Gasteiger partial charge in [-0.25, -0.2) is 9.59 Å². The summed E-state index contributed by atoms with van der Waals surface area (Å²) in [6.45, 7) is -0.0277. The van der Waals surface area contributed by atoms with Crippen molar-refractivity contribution < 1.29 is 35.3 Å². The lowest BCUT2D eigenvalue weighted by Gasteiger charge is -2.30. The van der Waals surface area contributed by atoms with Gasteiger partial charge in [-0.05, 0) is 12.8 Å². The van der Waals surface area contributed by atoms with Gasteiger partial charge in [0.05, 0.1) is 12.1 Å². The number of piperidine rings is 1. The first-order valence-electron chi connectivity index (χ1n) is 6.01. The highest BCUT2D eigenvalue weighted by molar-refractivity contribution is 7.88. The fourth-order valence-corrected chi connectivity index (χ4v) is 3.36. The molecule has 0 aromatic heterocycles. The number of amides is 2. The van der Waals surface area contributed by atoms with E-state index >= 15 is 0 Å². The minimum Gasteiger partial charge on any atom is -0.310 e. The molecular formula is C8H11N5O8S2. The van der Waals surface area contributed by atoms with E-state index in [0.717, 1.165) is 11.0 Å². The molecule has 2 heterocycles. The molecule has 2 saturated heterocycles. The quantitative estimate of drug-likeness (QED) is 0.218. The molecule has 2 aliphatic rings. The Hall–Kier alpha value is -2.06. The van der Waals surface area contributed by atoms with Crippen LogP contribution < -0.4 is 4.72 Å². The van der Waals surface area contributed by atoms with Gasteiger partial charge in [-0.1, -0.05) is 4.40 Å². The van der Waals surface area contributed by atoms with E-state index in [1.54, 1.807) is 4.72 Å². The first-order chi connectivity index (χ1) is 10.5. The van der Waals surface area contributed by atoms with Crippen LogP contribution in [0, 0.1) is 5.41 Å². The molecule has 2 fully saturated rings. The van der Waals surface area contributed by atoms with Crippen molar-refractivity contribution in [2.24, 2.45) is 4.40 Å². The summed E-state index contributed by atoms with van der Waals surface area (Å²) in [6.07, 6.45) is 1.15. The molecule has 0 aromatic rings. The zero-order valence-electron chi connectivity index (χ0n) is 11.2. The molecule has 0 saturated carbocycles. The molecule has 0 aliphatic carbocycles. The maximum Gasteiger partial charge on any atom is 0.418 e. The number of urea groups is 1. The molecule has 2 rings (SSSR count). The molecule has 0 aromatic carbocycles. The van der Waals surface area contributed by atoms with Crippen molar-refractivity contribution in [3.05, 3.63) is 0 Å². The summed E-state index contributed by atoms with van der Waals surface area (Å²) >= 11 is 0. The maximum absolute atomic E-state index is 12.1. The van der Waals surface area contributed by atoms with Crippen LogP contribution in [-0.2, 0) is 29.7 Å². The van der Waals surface area contributed by atoms with E-state index in [1.165, 1.54) is 0 Å². The first kappa shape index (κ1) is 17.3. The summed E-state index contributed by atoms with van der Waals surface area (Å²) in [4.78, 5) is 23.1. The van der Waals surface area contributed by atoms with E-state index in [4.69, 9.17) is 9.96 Å². The lowest BCUT2D eigenvalue weighted by atomic mass is 10.0. The lowest BCUT2D eigenvalue weighted by molar-refractivity contribution is -0.0316. The topological polar surface area (TPSA) is 187 Å². The smallest absolute Gasteiger partial charge is 0.310 e. The monoisotopic (exact) mass is 369 g/mol. The maximum atomic E-state index is 12.1. The number of carbonyl (C=O) groups is 1. The summed E-state index contributed by atoms with van der Waals surface area (Å²) in [6, 6.07) is -2.62. The summed E-state index contributed by atoms with van der Waals surface area (Å²) < 4.78 is 61.1. The fourth-order valence-electron chi connectivity index (χ4n) is 2.41. The van der Waals surface area contributed by atoms with Crippen LogP contribution in [-0.4, -0.2) is 67.9 Å². The van der Waals surface area contributed by atoms with Crippen LogP contribution in [0.3, 0.4) is 0 Å². The van der Waals surface area contributed by atoms with Gasteiger partial charge < -0.3 is 4.90 Å². The number of isocyanates is 1. The predicted molar refractivity (Wildman–Crippen MR) is 71.3 cm³/mol. The van der Waals surface area contributed by atoms with Crippen molar-refractivity contribution in [1.29, 1.82) is 5.41 Å². The molecule has 0 spiro atoms. The van der Waals surface area contributed by atoms with Crippen molar-refractivity contribution in [3.8, 4) is 0 Å². The molecule has 2 atom stereocenters. The van der Waals surface area contributed by atoms with Crippen molar-refractivity contribution in [1.82, 2.24) is 14.7 Å². The standard InChI is InChI=1S/C8H11N5O8S2/c9-7(11-22(16,17)10-4-14)6-2-1-5-3-12(6)8(15)13(5)21-23(18,19)20/h5-6H,1-3H2,(H2,9,11)(H,18,19,20). The van der Waals surface area contributed by atoms with E-state index in [1.807, 2.05) is 0 Å². The number of carbonyl (C=O) groups excluding carboxylic acids is 2. The Kier molecular flexibility index (Phi) is 4.41. The van der Waals surface area contributed by atoms with Gasteiger partial charge in [0, 0.05) is 6.54 Å². The predicted octanol–water partition coefficient (Wildman–Crippen LogP) is -1.86. The van der Waals surface area contributed by atoms with E-state index in [-0.39, 0.29) is 19.4 Å². The van der Waals surface area contributed by atoms with E-state index < -0.39 is 44.6 Å². The Labute approximate surface area is 130 Å². The number of amidine groups is 1. The number of nitrogens with one attached hydrogen (secondary N) is 2. The van der Waals surface area contributed by atoms with Crippen LogP contribution in [0.1, 0.15) is 12.8 Å². The normalized spacial score (nSPS) is 24.3. The highest BCUT2D eigenvalue weighted by atomic mass is 32.3. The van der Waals surface area contributed by atoms with E-state index in [0.29, 0.717) is 5.06 Å². The zero-order chi connectivity index (χ0) is 17.4. The van der Waals surface area contributed by atoms with Gasteiger partial charge in [0.15, 0.2) is 0 Å². The van der Waals surface area contributed by atoms with Crippen LogP contribution in [0.25, 0.3) is 0 Å². The summed E-state index contributed by atoms with van der Waals surface area (Å²) in [5.74, 6) is -0.621. The molecule has 13 nitrogen and oxygen atoms in total. The van der Waals surface area contributed by atoms with E-state index in [9.17, 15) is 26.4 Å². The molecule has 2 bridgehead atoms. The number of hydrogen-bond acceptors (Lipinski definition) is 8. The van der Waals surface area contributed by atoms with Gasteiger partial charge in [0.2, 0.25) is 0 Å². The third-order valence-electron chi connectivity index (χ3n) is 3.23. The van der Waals surface area contributed by atoms with Gasteiger partial charge >= 0.3 is 26.6 Å². The van der Waals surface area contributed by atoms with Crippen molar-refractivity contribution >= 4 is 38.6 Å². The molecule has 128 valence electrons. The highest BCUT2D eigenvalue weighted by Gasteiger charge is 2.48. The molecule has 2 amide bonds. The summed E-state index contributed by atoms with van der Waals surface area (Å²) in [5, 5.41) is 8.16. The van der Waals surface area contributed by atoms with Crippen LogP contribution in [0.15, 0.2) is 4.40 Å². The van der Waals surface area contributed by atoms with Gasteiger partial charge in [-0.3, -0.25) is 14.7 Å². The largest absolute Gasteiger partial charge is 0.418 e. The van der Waals surface area contributed by atoms with Gasteiger partial charge in [0.25, 0.3) is 6.08 Å². The number of rotatable bonds is 5. The Morgan fingerprint density at radius 2 is 2.04 bits per heavy atom. The van der Waals surface area contributed by atoms with Crippen LogP contribution >= 0.6 is 0 Å². The molecule has 2 unspecified atom stereocenters. The molecule has 23 heavy (non-hydrogen) atoms. The lowest BCUT2D eigenvalue weighted by Crippen LogP contribution is -2.50. The van der Waals surface area contributed by atoms with E-state index in [2.05, 4.69) is 8.68 Å². The van der Waals surface area contributed by atoms with Crippen LogP contribution in [0.2, 0.25) is 0 Å². The third-order valence-corrected chi connectivity index (χ3v) is 4.37. The first-order valence-corrected chi connectivity index (χ1v) is 8.82. The van der Waals surface area contributed by atoms with Crippen LogP contribution in [0.5, 0.6) is 0 Å². The number of hydroxylamine groups is 2. The van der Waals surface area contributed by atoms with Gasteiger partial charge in [-0.15, -0.1) is 4.28 Å². The highest BCUT2D eigenvalue weighted by Crippen LogP contribution is 2.30. The van der Waals surface area contributed by atoms with Crippen LogP contribution in [0.4, 0.5) is 4.79 Å². The second kappa shape index (κ2) is 5.86. The fraction of sp³-hybridized carbons (Fsp3) is 0.625. The number of hydrogen-bond donors (Lipinski definition) is 3. The minimum absolute atomic E-state index is 0.0277. The Balaban J connectivity index is 2.15. The Morgan fingerprint density at radius 3 is 2.61 bits per heavy atom. The molecule has 15 heteroatoms. The average molecular weight is 369 g/mol. The SMILES string of the molecule is N=C(NS(=O)(=O)N=C=O)C1CCC2CN1C(=O)N2OS(=O)(=O)O. The number of fused-ring (bicyclic) bond motifs is 2. The Bertz CT molecular complexity index is 785. The van der Waals surface area contributed by atoms with Gasteiger partial charge in [0.1, 0.15) is 5.84 Å². The zero-order valence-corrected chi connectivity index (χ0v) is 12.9. The Morgan fingerprint density at radius 1 is 1.39 bits per heavy atom. The third kappa shape index (κ3) is 3.83. The summed E-state index contributed by atoms with van der Waals surface area (Å²) in [5.41, 5.74) is 0. The number of nitrogens with zero attached hydrogens (tertiary/aromatic N) is 3. The van der Waals surface area contributed by atoms with Crippen molar-refractivity contribution in [2.45, 2.75) is 24.9 Å². The molecule has 0 radical (unpaired) electrons. The molecular weight excluding hydrogens is 358 g/mol. The minimum atomic E-state index is -4.90. The summed E-state index contributed by atoms with van der Waals surface area (Å²) in [7, 11) is -9.35. The second-order valence-electron chi connectivity index (χ2n) is 4.68. The average Bonchev–Trinajstić information content (AvgIpc) is 2.62. The second-order valence-corrected chi connectivity index (χ2v) is 7.02. The van der Waals surface area contributed by atoms with Crippen molar-refractivity contribution in [3.63, 3.8) is 0 Å². The van der Waals surface area contributed by atoms with Gasteiger partial charge in [-0.2, -0.15) is 21.9 Å².